The lowest BCUT2D eigenvalue weighted by Gasteiger charge is -2.16. The minimum absolute atomic E-state index is 0.0553. The Hall–Kier alpha value is -1.13. The van der Waals surface area contributed by atoms with Crippen molar-refractivity contribution in [3.63, 3.8) is 0 Å². The summed E-state index contributed by atoms with van der Waals surface area (Å²) in [6.07, 6.45) is -0.244. The first-order valence-corrected chi connectivity index (χ1v) is 7.15. The van der Waals surface area contributed by atoms with E-state index < -0.39 is 16.1 Å². The van der Waals surface area contributed by atoms with Crippen LogP contribution in [0.3, 0.4) is 0 Å². The Kier molecular flexibility index (Phi) is 3.59. The number of β-amino-alcohol motifs (C(OH)–C–C–N with tert-alkyl or cyclic N) is 1. The zero-order valence-corrected chi connectivity index (χ0v) is 10.9. The molecule has 0 unspecified atom stereocenters. The predicted molar refractivity (Wildman–Crippen MR) is 65.5 cm³/mol. The summed E-state index contributed by atoms with van der Waals surface area (Å²) in [6.45, 7) is 0.306. The number of nitriles is 1. The summed E-state index contributed by atoms with van der Waals surface area (Å²) < 4.78 is 25.8. The number of benzene rings is 1. The Labute approximate surface area is 110 Å². The molecule has 1 heterocycles. The molecule has 1 aromatic carbocycles. The van der Waals surface area contributed by atoms with E-state index in [4.69, 9.17) is 16.9 Å². The Bertz CT molecular complexity index is 609. The van der Waals surface area contributed by atoms with Crippen molar-refractivity contribution >= 4 is 21.6 Å². The second-order valence-corrected chi connectivity index (χ2v) is 6.40. The average Bonchev–Trinajstić information content (AvgIpc) is 2.76. The van der Waals surface area contributed by atoms with Crippen molar-refractivity contribution in [2.24, 2.45) is 0 Å². The summed E-state index contributed by atoms with van der Waals surface area (Å²) in [6, 6.07) is 5.95. The molecular formula is C11H11ClN2O3S. The van der Waals surface area contributed by atoms with Gasteiger partial charge < -0.3 is 5.11 Å². The van der Waals surface area contributed by atoms with Crippen LogP contribution < -0.4 is 0 Å². The highest BCUT2D eigenvalue weighted by Crippen LogP contribution is 2.26. The van der Waals surface area contributed by atoms with E-state index in [2.05, 4.69) is 0 Å². The van der Waals surface area contributed by atoms with Crippen LogP contribution in [0, 0.1) is 11.3 Å². The molecule has 5 nitrogen and oxygen atoms in total. The molecule has 2 rings (SSSR count). The Balaban J connectivity index is 2.48. The SMILES string of the molecule is N#Cc1ccc(Cl)cc1S(=O)(=O)N1CC[C@@H](O)C1. The van der Waals surface area contributed by atoms with E-state index in [9.17, 15) is 13.5 Å². The molecule has 0 spiro atoms. The van der Waals surface area contributed by atoms with Crippen molar-refractivity contribution in [1.29, 1.82) is 5.26 Å². The molecule has 18 heavy (non-hydrogen) atoms. The minimum atomic E-state index is -3.77. The largest absolute Gasteiger partial charge is 0.392 e. The first-order chi connectivity index (χ1) is 8.45. The molecule has 1 aliphatic rings. The van der Waals surface area contributed by atoms with Gasteiger partial charge in [-0.1, -0.05) is 11.6 Å². The molecule has 1 fully saturated rings. The number of rotatable bonds is 2. The first-order valence-electron chi connectivity index (χ1n) is 5.33. The van der Waals surface area contributed by atoms with Crippen molar-refractivity contribution in [2.45, 2.75) is 17.4 Å². The molecule has 0 aliphatic carbocycles. The highest BCUT2D eigenvalue weighted by atomic mass is 35.5. The number of sulfonamides is 1. The number of nitrogens with zero attached hydrogens (tertiary/aromatic N) is 2. The van der Waals surface area contributed by atoms with Crippen LogP contribution in [0.1, 0.15) is 12.0 Å². The lowest BCUT2D eigenvalue weighted by Crippen LogP contribution is -2.30. The standard InChI is InChI=1S/C11H11ClN2O3S/c12-9-2-1-8(6-13)11(5-9)18(16,17)14-4-3-10(15)7-14/h1-2,5,10,15H,3-4,7H2/t10-/m1/s1. The molecule has 7 heteroatoms. The lowest BCUT2D eigenvalue weighted by atomic mass is 10.2. The molecule has 0 radical (unpaired) electrons. The normalized spacial score (nSPS) is 20.8. The first kappa shape index (κ1) is 13.3. The van der Waals surface area contributed by atoms with E-state index in [-0.39, 0.29) is 28.6 Å². The molecule has 1 aliphatic heterocycles. The number of hydrogen-bond acceptors (Lipinski definition) is 4. The average molecular weight is 287 g/mol. The molecule has 1 N–H and O–H groups in total. The quantitative estimate of drug-likeness (QED) is 0.878. The third-order valence-corrected chi connectivity index (χ3v) is 4.95. The summed E-state index contributed by atoms with van der Waals surface area (Å²) in [5.74, 6) is 0. The van der Waals surface area contributed by atoms with Gasteiger partial charge in [-0.05, 0) is 24.6 Å². The molecule has 96 valence electrons. The van der Waals surface area contributed by atoms with Crippen LogP contribution in [-0.4, -0.2) is 37.0 Å². The summed E-state index contributed by atoms with van der Waals surface area (Å²) in [7, 11) is -3.77. The zero-order chi connectivity index (χ0) is 13.3. The fraction of sp³-hybridized carbons (Fsp3) is 0.364. The van der Waals surface area contributed by atoms with E-state index in [1.165, 1.54) is 22.5 Å². The van der Waals surface area contributed by atoms with Gasteiger partial charge in [0.25, 0.3) is 0 Å². The van der Waals surface area contributed by atoms with E-state index in [0.717, 1.165) is 0 Å². The van der Waals surface area contributed by atoms with Crippen molar-refractivity contribution in [1.82, 2.24) is 4.31 Å². The smallest absolute Gasteiger partial charge is 0.244 e. The van der Waals surface area contributed by atoms with Gasteiger partial charge in [-0.25, -0.2) is 8.42 Å². The maximum atomic E-state index is 12.3. The van der Waals surface area contributed by atoms with Crippen molar-refractivity contribution in [3.05, 3.63) is 28.8 Å². The van der Waals surface area contributed by atoms with E-state index >= 15 is 0 Å². The molecule has 1 atom stereocenters. The summed E-state index contributed by atoms with van der Waals surface area (Å²) in [5.41, 5.74) is 0.0563. The fourth-order valence-corrected chi connectivity index (χ4v) is 3.77. The number of aliphatic hydroxyl groups excluding tert-OH is 1. The third-order valence-electron chi connectivity index (χ3n) is 2.81. The van der Waals surface area contributed by atoms with Gasteiger partial charge in [0, 0.05) is 18.1 Å². The van der Waals surface area contributed by atoms with Crippen LogP contribution in [0.25, 0.3) is 0 Å². The monoisotopic (exact) mass is 286 g/mol. The molecule has 1 aromatic rings. The summed E-state index contributed by atoms with van der Waals surface area (Å²) >= 11 is 5.77. The van der Waals surface area contributed by atoms with Gasteiger partial charge in [0.15, 0.2) is 0 Å². The Morgan fingerprint density at radius 2 is 2.22 bits per heavy atom. The van der Waals surface area contributed by atoms with Crippen molar-refractivity contribution in [2.75, 3.05) is 13.1 Å². The number of halogens is 1. The maximum absolute atomic E-state index is 12.3. The van der Waals surface area contributed by atoms with Gasteiger partial charge in [0.2, 0.25) is 10.0 Å². The molecule has 0 aromatic heterocycles. The van der Waals surface area contributed by atoms with Crippen LogP contribution >= 0.6 is 11.6 Å². The van der Waals surface area contributed by atoms with Crippen LogP contribution in [0.2, 0.25) is 5.02 Å². The highest BCUT2D eigenvalue weighted by molar-refractivity contribution is 7.89. The molecule has 1 saturated heterocycles. The van der Waals surface area contributed by atoms with Crippen molar-refractivity contribution in [3.8, 4) is 6.07 Å². The van der Waals surface area contributed by atoms with Crippen LogP contribution in [0.5, 0.6) is 0 Å². The van der Waals surface area contributed by atoms with Crippen LogP contribution in [-0.2, 0) is 10.0 Å². The van der Waals surface area contributed by atoms with Gasteiger partial charge in [-0.2, -0.15) is 9.57 Å². The highest BCUT2D eigenvalue weighted by Gasteiger charge is 2.33. The molecule has 0 amide bonds. The zero-order valence-electron chi connectivity index (χ0n) is 9.38. The predicted octanol–water partition coefficient (Wildman–Crippen LogP) is 0.967. The van der Waals surface area contributed by atoms with Gasteiger partial charge in [0.1, 0.15) is 11.0 Å². The van der Waals surface area contributed by atoms with E-state index in [1.807, 2.05) is 6.07 Å². The van der Waals surface area contributed by atoms with Crippen molar-refractivity contribution < 1.29 is 13.5 Å². The second kappa shape index (κ2) is 4.86. The minimum Gasteiger partial charge on any atom is -0.392 e. The molecule has 0 bridgehead atoms. The van der Waals surface area contributed by atoms with Gasteiger partial charge in [-0.15, -0.1) is 0 Å². The van der Waals surface area contributed by atoms with Crippen LogP contribution in [0.4, 0.5) is 0 Å². The number of aliphatic hydroxyl groups is 1. The summed E-state index contributed by atoms with van der Waals surface area (Å²) in [5, 5.41) is 18.6. The fourth-order valence-electron chi connectivity index (χ4n) is 1.87. The second-order valence-electron chi connectivity index (χ2n) is 4.06. The van der Waals surface area contributed by atoms with E-state index in [1.54, 1.807) is 0 Å². The maximum Gasteiger partial charge on any atom is 0.244 e. The Morgan fingerprint density at radius 3 is 2.78 bits per heavy atom. The van der Waals surface area contributed by atoms with Crippen LogP contribution in [0.15, 0.2) is 23.1 Å². The Morgan fingerprint density at radius 1 is 1.50 bits per heavy atom. The van der Waals surface area contributed by atoms with Gasteiger partial charge in [0.05, 0.1) is 11.7 Å². The third kappa shape index (κ3) is 2.35. The number of hydrogen-bond donors (Lipinski definition) is 1. The molecule has 0 saturated carbocycles. The molecular weight excluding hydrogens is 276 g/mol. The summed E-state index contributed by atoms with van der Waals surface area (Å²) in [4.78, 5) is -0.105. The van der Waals surface area contributed by atoms with Gasteiger partial charge in [-0.3, -0.25) is 0 Å². The van der Waals surface area contributed by atoms with Gasteiger partial charge >= 0.3 is 0 Å². The lowest BCUT2D eigenvalue weighted by molar-refractivity contribution is 0.189. The topological polar surface area (TPSA) is 81.4 Å². The van der Waals surface area contributed by atoms with E-state index in [0.29, 0.717) is 6.42 Å².